The van der Waals surface area contributed by atoms with Gasteiger partial charge in [-0.2, -0.15) is 0 Å². The zero-order valence-electron chi connectivity index (χ0n) is 18.2. The highest BCUT2D eigenvalue weighted by Crippen LogP contribution is 2.37. The molecule has 2 unspecified atom stereocenters. The second kappa shape index (κ2) is 10.5. The molecule has 1 aliphatic heterocycles. The second-order valence-corrected chi connectivity index (χ2v) is 7.77. The van der Waals surface area contributed by atoms with E-state index in [0.717, 1.165) is 22.4 Å². The van der Waals surface area contributed by atoms with E-state index in [1.165, 1.54) is 0 Å². The second-order valence-electron chi connectivity index (χ2n) is 7.77. The van der Waals surface area contributed by atoms with E-state index in [-0.39, 0.29) is 24.0 Å². The van der Waals surface area contributed by atoms with Gasteiger partial charge in [-0.3, -0.25) is 4.79 Å². The summed E-state index contributed by atoms with van der Waals surface area (Å²) in [6.45, 7) is 7.04. The van der Waals surface area contributed by atoms with Crippen LogP contribution in [0.3, 0.4) is 0 Å². The molecule has 0 radical (unpaired) electrons. The Morgan fingerprint density at radius 2 is 1.97 bits per heavy atom. The van der Waals surface area contributed by atoms with Gasteiger partial charge in [0, 0.05) is 17.7 Å². The van der Waals surface area contributed by atoms with E-state index >= 15 is 0 Å². The van der Waals surface area contributed by atoms with Gasteiger partial charge in [-0.15, -0.1) is 12.3 Å². The molecule has 0 spiro atoms. The number of carbonyl (C=O) groups excluding carboxylic acids is 1. The predicted octanol–water partition coefficient (Wildman–Crippen LogP) is 4.20. The lowest BCUT2D eigenvalue weighted by atomic mass is 9.95. The van der Waals surface area contributed by atoms with Crippen molar-refractivity contribution in [2.45, 2.75) is 32.9 Å². The van der Waals surface area contributed by atoms with E-state index in [9.17, 15) is 4.79 Å². The van der Waals surface area contributed by atoms with Crippen LogP contribution in [0.5, 0.6) is 5.75 Å². The van der Waals surface area contributed by atoms with E-state index in [2.05, 4.69) is 46.6 Å². The molecule has 0 bridgehead atoms. The first-order valence-corrected chi connectivity index (χ1v) is 10.5. The summed E-state index contributed by atoms with van der Waals surface area (Å²) >= 11 is 0. The SMILES string of the molecule is C#CC(NC(=O)c1ccc2c(c1)C=C(CNCC#CC)C(c1ccccc1)O2)C(C)C. The topological polar surface area (TPSA) is 50.4 Å². The van der Waals surface area contributed by atoms with E-state index in [1.54, 1.807) is 6.07 Å². The van der Waals surface area contributed by atoms with Gasteiger partial charge in [0.15, 0.2) is 0 Å². The monoisotopic (exact) mass is 412 g/mol. The predicted molar refractivity (Wildman–Crippen MR) is 125 cm³/mol. The Morgan fingerprint density at radius 1 is 1.19 bits per heavy atom. The number of hydrogen-bond donors (Lipinski definition) is 2. The lowest BCUT2D eigenvalue weighted by Crippen LogP contribution is -2.37. The fraction of sp³-hybridized carbons (Fsp3) is 0.296. The van der Waals surface area contributed by atoms with Gasteiger partial charge in [0.1, 0.15) is 11.9 Å². The van der Waals surface area contributed by atoms with Crippen LogP contribution in [-0.2, 0) is 0 Å². The maximum absolute atomic E-state index is 12.7. The van der Waals surface area contributed by atoms with Gasteiger partial charge in [0.25, 0.3) is 5.91 Å². The molecule has 158 valence electrons. The summed E-state index contributed by atoms with van der Waals surface area (Å²) in [5.74, 6) is 9.27. The number of carbonyl (C=O) groups is 1. The maximum atomic E-state index is 12.7. The standard InChI is InChI=1S/C27H28N2O2/c1-5-7-15-28-18-23-17-22-16-21(27(30)29-24(6-2)19(3)4)13-14-25(22)31-26(23)20-11-9-8-10-12-20/h2,8-14,16-17,19,24,26,28H,15,18H2,1,3-4H3,(H,29,30). The van der Waals surface area contributed by atoms with Crippen LogP contribution >= 0.6 is 0 Å². The fourth-order valence-electron chi connectivity index (χ4n) is 3.42. The molecule has 0 aromatic heterocycles. The van der Waals surface area contributed by atoms with Gasteiger partial charge < -0.3 is 15.4 Å². The zero-order chi connectivity index (χ0) is 22.2. The van der Waals surface area contributed by atoms with Crippen LogP contribution in [0.25, 0.3) is 6.08 Å². The average molecular weight is 413 g/mol. The first-order chi connectivity index (χ1) is 15.0. The third kappa shape index (κ3) is 5.57. The van der Waals surface area contributed by atoms with Crippen LogP contribution < -0.4 is 15.4 Å². The minimum atomic E-state index is -0.308. The van der Waals surface area contributed by atoms with Crippen molar-refractivity contribution in [3.8, 4) is 29.9 Å². The van der Waals surface area contributed by atoms with E-state index < -0.39 is 0 Å². The van der Waals surface area contributed by atoms with Crippen molar-refractivity contribution in [3.63, 3.8) is 0 Å². The molecule has 0 saturated heterocycles. The summed E-state index contributed by atoms with van der Waals surface area (Å²) in [5, 5.41) is 6.27. The summed E-state index contributed by atoms with van der Waals surface area (Å²) in [4.78, 5) is 12.7. The third-order valence-electron chi connectivity index (χ3n) is 5.15. The van der Waals surface area contributed by atoms with Gasteiger partial charge in [-0.25, -0.2) is 0 Å². The summed E-state index contributed by atoms with van der Waals surface area (Å²) in [6, 6.07) is 15.3. The van der Waals surface area contributed by atoms with Gasteiger partial charge in [-0.1, -0.05) is 56.0 Å². The summed E-state index contributed by atoms with van der Waals surface area (Å²) < 4.78 is 6.35. The van der Waals surface area contributed by atoms with Gasteiger partial charge in [0.2, 0.25) is 0 Å². The highest BCUT2D eigenvalue weighted by Gasteiger charge is 2.25. The number of benzene rings is 2. The summed E-state index contributed by atoms with van der Waals surface area (Å²) in [7, 11) is 0. The number of terminal acetylenes is 1. The molecule has 2 atom stereocenters. The first-order valence-electron chi connectivity index (χ1n) is 10.5. The van der Waals surface area contributed by atoms with Crippen molar-refractivity contribution in [3.05, 3.63) is 70.8 Å². The van der Waals surface area contributed by atoms with Crippen molar-refractivity contribution in [2.75, 3.05) is 13.1 Å². The molecule has 0 fully saturated rings. The molecule has 4 heteroatoms. The third-order valence-corrected chi connectivity index (χ3v) is 5.15. The lowest BCUT2D eigenvalue weighted by molar-refractivity contribution is 0.0938. The molecule has 1 amide bonds. The van der Waals surface area contributed by atoms with E-state index in [0.29, 0.717) is 18.7 Å². The van der Waals surface area contributed by atoms with Crippen LogP contribution in [0.4, 0.5) is 0 Å². The van der Waals surface area contributed by atoms with Crippen molar-refractivity contribution in [2.24, 2.45) is 5.92 Å². The summed E-state index contributed by atoms with van der Waals surface area (Å²) in [6.07, 6.45) is 7.46. The fourth-order valence-corrected chi connectivity index (χ4v) is 3.42. The smallest absolute Gasteiger partial charge is 0.252 e. The Morgan fingerprint density at radius 3 is 2.65 bits per heavy atom. The Balaban J connectivity index is 1.88. The van der Waals surface area contributed by atoms with E-state index in [1.807, 2.05) is 51.1 Å². The van der Waals surface area contributed by atoms with Crippen molar-refractivity contribution in [1.82, 2.24) is 10.6 Å². The highest BCUT2D eigenvalue weighted by molar-refractivity contribution is 5.95. The molecule has 0 aliphatic carbocycles. The number of nitrogens with one attached hydrogen (secondary N) is 2. The molecular weight excluding hydrogens is 384 g/mol. The number of amides is 1. The van der Waals surface area contributed by atoms with Gasteiger partial charge >= 0.3 is 0 Å². The Kier molecular flexibility index (Phi) is 7.55. The van der Waals surface area contributed by atoms with Gasteiger partial charge in [-0.05, 0) is 48.3 Å². The van der Waals surface area contributed by atoms with Crippen molar-refractivity contribution < 1.29 is 9.53 Å². The Bertz CT molecular complexity index is 1050. The minimum absolute atomic E-state index is 0.158. The molecule has 31 heavy (non-hydrogen) atoms. The molecule has 2 aromatic carbocycles. The molecular formula is C27H28N2O2. The highest BCUT2D eigenvalue weighted by atomic mass is 16.5. The normalized spacial score (nSPS) is 15.5. The summed E-state index contributed by atoms with van der Waals surface area (Å²) in [5.41, 5.74) is 3.60. The molecule has 0 saturated carbocycles. The molecule has 2 N–H and O–H groups in total. The first kappa shape index (κ1) is 22.2. The average Bonchev–Trinajstić information content (AvgIpc) is 2.79. The number of ether oxygens (including phenoxy) is 1. The van der Waals surface area contributed by atoms with Crippen LogP contribution in [-0.4, -0.2) is 25.0 Å². The maximum Gasteiger partial charge on any atom is 0.252 e. The number of fused-ring (bicyclic) bond motifs is 1. The number of rotatable bonds is 7. The van der Waals surface area contributed by atoms with E-state index in [4.69, 9.17) is 11.2 Å². The van der Waals surface area contributed by atoms with Crippen LogP contribution in [0.15, 0.2) is 54.1 Å². The quantitative estimate of drug-likeness (QED) is 0.529. The molecule has 4 nitrogen and oxygen atoms in total. The van der Waals surface area contributed by atoms with Gasteiger partial charge in [0.05, 0.1) is 12.6 Å². The largest absolute Gasteiger partial charge is 0.481 e. The minimum Gasteiger partial charge on any atom is -0.481 e. The molecule has 2 aromatic rings. The van der Waals surface area contributed by atoms with Crippen LogP contribution in [0.2, 0.25) is 0 Å². The molecule has 3 rings (SSSR count). The van der Waals surface area contributed by atoms with Crippen LogP contribution in [0, 0.1) is 30.1 Å². The molecule has 1 aliphatic rings. The van der Waals surface area contributed by atoms with Crippen molar-refractivity contribution >= 4 is 12.0 Å². The Hall–Kier alpha value is -3.47. The number of hydrogen-bond acceptors (Lipinski definition) is 3. The lowest BCUT2D eigenvalue weighted by Gasteiger charge is -2.28. The van der Waals surface area contributed by atoms with Crippen molar-refractivity contribution in [1.29, 1.82) is 0 Å². The zero-order valence-corrected chi connectivity index (χ0v) is 18.2. The Labute approximate surface area is 185 Å². The molecule has 1 heterocycles. The van der Waals surface area contributed by atoms with Crippen LogP contribution in [0.1, 0.15) is 48.4 Å².